The average Bonchev–Trinajstić information content (AvgIpc) is 2.25. The molecule has 0 radical (unpaired) electrons. The Balaban J connectivity index is 2.48. The molecular weight excluding hydrogens is 266 g/mol. The monoisotopic (exact) mass is 278 g/mol. The Labute approximate surface area is 111 Å². The van der Waals surface area contributed by atoms with E-state index in [4.69, 9.17) is 34.8 Å². The van der Waals surface area contributed by atoms with Crippen molar-refractivity contribution in [1.82, 2.24) is 0 Å². The number of halogens is 3. The van der Waals surface area contributed by atoms with Crippen LogP contribution in [-0.4, -0.2) is 15.0 Å². The highest BCUT2D eigenvalue weighted by molar-refractivity contribution is 6.68. The molecule has 0 spiro atoms. The van der Waals surface area contributed by atoms with E-state index >= 15 is 0 Å². The molecular formula is C12H13Cl3O. The molecule has 0 aliphatic rings. The molecule has 0 saturated heterocycles. The van der Waals surface area contributed by atoms with Gasteiger partial charge >= 0.3 is 0 Å². The lowest BCUT2D eigenvalue weighted by molar-refractivity contribution is 0.170. The molecule has 1 atom stereocenters. The maximum absolute atomic E-state index is 9.54. The van der Waals surface area contributed by atoms with Crippen LogP contribution in [0.2, 0.25) is 0 Å². The number of hydrogen-bond acceptors (Lipinski definition) is 1. The Kier molecular flexibility index (Phi) is 5.13. The average molecular weight is 280 g/mol. The summed E-state index contributed by atoms with van der Waals surface area (Å²) < 4.78 is -1.63. The zero-order valence-electron chi connectivity index (χ0n) is 8.67. The van der Waals surface area contributed by atoms with E-state index in [1.807, 2.05) is 30.3 Å². The van der Waals surface area contributed by atoms with Crippen molar-refractivity contribution in [1.29, 1.82) is 0 Å². The van der Waals surface area contributed by atoms with Gasteiger partial charge in [-0.3, -0.25) is 0 Å². The number of benzene rings is 1. The Hall–Kier alpha value is -0.210. The second kappa shape index (κ2) is 5.92. The highest BCUT2D eigenvalue weighted by Crippen LogP contribution is 2.33. The van der Waals surface area contributed by atoms with Gasteiger partial charge in [-0.2, -0.15) is 0 Å². The molecule has 0 heterocycles. The van der Waals surface area contributed by atoms with Gasteiger partial charge in [-0.25, -0.2) is 0 Å². The number of alkyl halides is 3. The van der Waals surface area contributed by atoms with E-state index in [-0.39, 0.29) is 0 Å². The van der Waals surface area contributed by atoms with Gasteiger partial charge < -0.3 is 5.11 Å². The lowest BCUT2D eigenvalue weighted by Crippen LogP contribution is -2.24. The molecule has 0 amide bonds. The standard InChI is InChI=1S/C12H13Cl3O/c1-9(10-5-3-2-4-6-10)7-8-11(16)12(13,14)15/h2-6,11,16H,1,7-8H2. The van der Waals surface area contributed by atoms with Crippen LogP contribution in [-0.2, 0) is 0 Å². The van der Waals surface area contributed by atoms with Gasteiger partial charge in [0, 0.05) is 0 Å². The fourth-order valence-electron chi connectivity index (χ4n) is 1.29. The van der Waals surface area contributed by atoms with Crippen LogP contribution >= 0.6 is 34.8 Å². The third kappa shape index (κ3) is 4.34. The van der Waals surface area contributed by atoms with Gasteiger partial charge in [-0.1, -0.05) is 71.7 Å². The predicted octanol–water partition coefficient (Wildman–Crippen LogP) is 4.21. The molecule has 1 aromatic carbocycles. The van der Waals surface area contributed by atoms with E-state index in [9.17, 15) is 5.11 Å². The van der Waals surface area contributed by atoms with Crippen molar-refractivity contribution in [2.45, 2.75) is 22.7 Å². The van der Waals surface area contributed by atoms with Gasteiger partial charge in [-0.05, 0) is 24.0 Å². The summed E-state index contributed by atoms with van der Waals surface area (Å²) in [7, 11) is 0. The number of rotatable bonds is 4. The summed E-state index contributed by atoms with van der Waals surface area (Å²) >= 11 is 16.7. The van der Waals surface area contributed by atoms with Gasteiger partial charge in [-0.15, -0.1) is 0 Å². The van der Waals surface area contributed by atoms with Gasteiger partial charge in [0.1, 0.15) is 6.10 Å². The van der Waals surface area contributed by atoms with E-state index in [0.29, 0.717) is 12.8 Å². The van der Waals surface area contributed by atoms with Gasteiger partial charge in [0.05, 0.1) is 0 Å². The minimum absolute atomic E-state index is 0.379. The van der Waals surface area contributed by atoms with Crippen molar-refractivity contribution in [3.8, 4) is 0 Å². The van der Waals surface area contributed by atoms with E-state index < -0.39 is 9.90 Å². The van der Waals surface area contributed by atoms with E-state index in [0.717, 1.165) is 11.1 Å². The van der Waals surface area contributed by atoms with Gasteiger partial charge in [0.2, 0.25) is 3.79 Å². The van der Waals surface area contributed by atoms with Crippen molar-refractivity contribution in [2.24, 2.45) is 0 Å². The second-order valence-electron chi connectivity index (χ2n) is 3.57. The van der Waals surface area contributed by atoms with Crippen LogP contribution in [0.25, 0.3) is 5.57 Å². The molecule has 4 heteroatoms. The molecule has 0 bridgehead atoms. The molecule has 16 heavy (non-hydrogen) atoms. The number of aliphatic hydroxyl groups is 1. The third-order valence-electron chi connectivity index (χ3n) is 2.28. The zero-order chi connectivity index (χ0) is 12.2. The molecule has 1 rings (SSSR count). The first-order chi connectivity index (χ1) is 7.41. The van der Waals surface area contributed by atoms with Crippen molar-refractivity contribution in [3.63, 3.8) is 0 Å². The number of aliphatic hydroxyl groups excluding tert-OH is 1. The summed E-state index contributed by atoms with van der Waals surface area (Å²) in [5.41, 5.74) is 1.97. The molecule has 0 aliphatic heterocycles. The first-order valence-electron chi connectivity index (χ1n) is 4.89. The topological polar surface area (TPSA) is 20.2 Å². The minimum Gasteiger partial charge on any atom is -0.389 e. The van der Waals surface area contributed by atoms with Crippen LogP contribution in [0, 0.1) is 0 Å². The summed E-state index contributed by atoms with van der Waals surface area (Å²) in [6.45, 7) is 3.94. The maximum Gasteiger partial charge on any atom is 0.216 e. The van der Waals surface area contributed by atoms with E-state index in [1.165, 1.54) is 0 Å². The summed E-state index contributed by atoms with van der Waals surface area (Å²) in [6, 6.07) is 9.73. The van der Waals surface area contributed by atoms with Gasteiger partial charge in [0.15, 0.2) is 0 Å². The molecule has 1 unspecified atom stereocenters. The van der Waals surface area contributed by atoms with Crippen molar-refractivity contribution in [2.75, 3.05) is 0 Å². The lowest BCUT2D eigenvalue weighted by Gasteiger charge is -2.19. The van der Waals surface area contributed by atoms with Crippen LogP contribution in [0.1, 0.15) is 18.4 Å². The van der Waals surface area contributed by atoms with Crippen molar-refractivity contribution < 1.29 is 5.11 Å². The summed E-state index contributed by atoms with van der Waals surface area (Å²) in [5, 5.41) is 9.54. The second-order valence-corrected chi connectivity index (χ2v) is 5.93. The van der Waals surface area contributed by atoms with Crippen LogP contribution in [0.4, 0.5) is 0 Å². The summed E-state index contributed by atoms with van der Waals surface area (Å²) in [4.78, 5) is 0. The smallest absolute Gasteiger partial charge is 0.216 e. The quantitative estimate of drug-likeness (QED) is 0.819. The van der Waals surface area contributed by atoms with Crippen LogP contribution in [0.5, 0.6) is 0 Å². The molecule has 1 N–H and O–H groups in total. The largest absolute Gasteiger partial charge is 0.389 e. The zero-order valence-corrected chi connectivity index (χ0v) is 10.9. The first kappa shape index (κ1) is 13.9. The van der Waals surface area contributed by atoms with E-state index in [1.54, 1.807) is 0 Å². The van der Waals surface area contributed by atoms with Gasteiger partial charge in [0.25, 0.3) is 0 Å². The molecule has 88 valence electrons. The minimum atomic E-state index is -1.63. The Morgan fingerprint density at radius 3 is 2.31 bits per heavy atom. The molecule has 0 aromatic heterocycles. The highest BCUT2D eigenvalue weighted by atomic mass is 35.6. The highest BCUT2D eigenvalue weighted by Gasteiger charge is 2.30. The normalized spacial score (nSPS) is 13.5. The first-order valence-corrected chi connectivity index (χ1v) is 6.02. The van der Waals surface area contributed by atoms with E-state index in [2.05, 4.69) is 6.58 Å². The number of hydrogen-bond donors (Lipinski definition) is 1. The molecule has 0 fully saturated rings. The fraction of sp³-hybridized carbons (Fsp3) is 0.333. The van der Waals surface area contributed by atoms with Crippen molar-refractivity contribution in [3.05, 3.63) is 42.5 Å². The van der Waals surface area contributed by atoms with Crippen LogP contribution < -0.4 is 0 Å². The molecule has 1 aromatic rings. The molecule has 0 saturated carbocycles. The lowest BCUT2D eigenvalue weighted by atomic mass is 10.0. The summed E-state index contributed by atoms with van der Waals surface area (Å²) in [6.07, 6.45) is 0.00140. The Bertz CT molecular complexity index is 343. The van der Waals surface area contributed by atoms with Crippen molar-refractivity contribution >= 4 is 40.4 Å². The Morgan fingerprint density at radius 1 is 1.25 bits per heavy atom. The fourth-order valence-corrected chi connectivity index (χ4v) is 1.62. The number of allylic oxidation sites excluding steroid dienone is 1. The predicted molar refractivity (Wildman–Crippen MR) is 71.0 cm³/mol. The van der Waals surface area contributed by atoms with Crippen LogP contribution in [0.15, 0.2) is 36.9 Å². The molecule has 1 nitrogen and oxygen atoms in total. The maximum atomic E-state index is 9.54. The molecule has 0 aliphatic carbocycles. The Morgan fingerprint density at radius 2 is 1.81 bits per heavy atom. The van der Waals surface area contributed by atoms with Crippen LogP contribution in [0.3, 0.4) is 0 Å². The third-order valence-corrected chi connectivity index (χ3v) is 3.04. The SMILES string of the molecule is C=C(CCC(O)C(Cl)(Cl)Cl)c1ccccc1. The summed E-state index contributed by atoms with van der Waals surface area (Å²) in [5.74, 6) is 0.